The zero-order valence-electron chi connectivity index (χ0n) is 15.0. The van der Waals surface area contributed by atoms with Crippen molar-refractivity contribution in [1.29, 1.82) is 0 Å². The fraction of sp³-hybridized carbons (Fsp3) is 0.421. The van der Waals surface area contributed by atoms with E-state index in [1.165, 1.54) is 0 Å². The van der Waals surface area contributed by atoms with Crippen LogP contribution in [0.3, 0.4) is 0 Å². The highest BCUT2D eigenvalue weighted by atomic mass is 16.2. The van der Waals surface area contributed by atoms with Crippen molar-refractivity contribution in [1.82, 2.24) is 10.2 Å². The maximum absolute atomic E-state index is 12.8. The number of hydrogen-bond acceptors (Lipinski definition) is 4. The predicted octanol–water partition coefficient (Wildman–Crippen LogP) is 3.69. The van der Waals surface area contributed by atoms with Crippen molar-refractivity contribution in [3.8, 4) is 0 Å². The molecule has 1 heterocycles. The van der Waals surface area contributed by atoms with Crippen LogP contribution < -0.4 is 9.80 Å². The number of nitrogens with zero attached hydrogens (tertiary/aromatic N) is 4. The first-order valence-electron chi connectivity index (χ1n) is 8.50. The molecule has 0 N–H and O–H groups in total. The van der Waals surface area contributed by atoms with E-state index in [0.717, 1.165) is 36.5 Å². The summed E-state index contributed by atoms with van der Waals surface area (Å²) < 4.78 is 0. The Kier molecular flexibility index (Phi) is 6.29. The molecule has 5 heteroatoms. The molecule has 0 saturated heterocycles. The lowest BCUT2D eigenvalue weighted by atomic mass is 10.2. The van der Waals surface area contributed by atoms with Crippen LogP contribution in [0.15, 0.2) is 36.4 Å². The average molecular weight is 326 g/mol. The molecule has 24 heavy (non-hydrogen) atoms. The molecule has 0 fully saturated rings. The third-order valence-electron chi connectivity index (χ3n) is 3.98. The van der Waals surface area contributed by atoms with Crippen LogP contribution in [-0.2, 0) is 0 Å². The number of aryl methyl sites for hydroxylation is 1. The average Bonchev–Trinajstić information content (AvgIpc) is 2.60. The molecule has 2 aromatic rings. The van der Waals surface area contributed by atoms with Crippen molar-refractivity contribution >= 4 is 17.4 Å². The normalized spacial score (nSPS) is 10.5. The van der Waals surface area contributed by atoms with Gasteiger partial charge in [0, 0.05) is 25.8 Å². The Morgan fingerprint density at radius 2 is 1.92 bits per heavy atom. The van der Waals surface area contributed by atoms with E-state index in [2.05, 4.69) is 22.0 Å². The van der Waals surface area contributed by atoms with E-state index < -0.39 is 0 Å². The second-order valence-corrected chi connectivity index (χ2v) is 5.94. The molecule has 0 spiro atoms. The van der Waals surface area contributed by atoms with Crippen molar-refractivity contribution in [2.24, 2.45) is 0 Å². The minimum absolute atomic E-state index is 0.127. The third-order valence-corrected chi connectivity index (χ3v) is 3.98. The first kappa shape index (κ1) is 17.9. The highest BCUT2D eigenvalue weighted by Crippen LogP contribution is 2.18. The van der Waals surface area contributed by atoms with Gasteiger partial charge in [-0.25, -0.2) is 0 Å². The Bertz CT molecular complexity index is 669. The first-order valence-corrected chi connectivity index (χ1v) is 8.50. The van der Waals surface area contributed by atoms with Crippen LogP contribution in [-0.4, -0.2) is 36.2 Å². The summed E-state index contributed by atoms with van der Waals surface area (Å²) in [5.41, 5.74) is 2.37. The van der Waals surface area contributed by atoms with Crippen LogP contribution in [0, 0.1) is 6.92 Å². The molecule has 5 nitrogen and oxygen atoms in total. The van der Waals surface area contributed by atoms with E-state index >= 15 is 0 Å². The van der Waals surface area contributed by atoms with Gasteiger partial charge in [0.2, 0.25) is 0 Å². The Hall–Kier alpha value is -2.43. The number of aromatic nitrogens is 2. The fourth-order valence-corrected chi connectivity index (χ4v) is 2.53. The van der Waals surface area contributed by atoms with Gasteiger partial charge in [-0.05, 0) is 50.1 Å². The monoisotopic (exact) mass is 326 g/mol. The van der Waals surface area contributed by atoms with Crippen molar-refractivity contribution < 1.29 is 4.79 Å². The lowest BCUT2D eigenvalue weighted by Crippen LogP contribution is -2.31. The van der Waals surface area contributed by atoms with E-state index in [-0.39, 0.29) is 5.91 Å². The van der Waals surface area contributed by atoms with E-state index in [1.807, 2.05) is 51.2 Å². The summed E-state index contributed by atoms with van der Waals surface area (Å²) in [6.45, 7) is 7.65. The maximum Gasteiger partial charge on any atom is 0.278 e. The van der Waals surface area contributed by atoms with Gasteiger partial charge >= 0.3 is 0 Å². The van der Waals surface area contributed by atoms with E-state index in [9.17, 15) is 4.79 Å². The molecular weight excluding hydrogens is 300 g/mol. The second-order valence-electron chi connectivity index (χ2n) is 5.94. The zero-order valence-corrected chi connectivity index (χ0v) is 15.0. The summed E-state index contributed by atoms with van der Waals surface area (Å²) in [6, 6.07) is 11.5. The van der Waals surface area contributed by atoms with E-state index in [0.29, 0.717) is 12.2 Å². The van der Waals surface area contributed by atoms with Crippen LogP contribution in [0.2, 0.25) is 0 Å². The topological polar surface area (TPSA) is 49.3 Å². The standard InChI is InChI=1S/C19H26N4O/c1-5-7-13-22(4)18-12-11-17(20-21-18)19(24)23(6-2)16-10-8-9-15(3)14-16/h8-12,14H,5-7,13H2,1-4H3. The van der Waals surface area contributed by atoms with Crippen LogP contribution in [0.1, 0.15) is 42.7 Å². The van der Waals surface area contributed by atoms with Gasteiger partial charge in [-0.15, -0.1) is 10.2 Å². The SMILES string of the molecule is CCCCN(C)c1ccc(C(=O)N(CC)c2cccc(C)c2)nn1. The number of amides is 1. The smallest absolute Gasteiger partial charge is 0.278 e. The van der Waals surface area contributed by atoms with E-state index in [1.54, 1.807) is 11.0 Å². The molecule has 0 saturated carbocycles. The molecule has 0 bridgehead atoms. The van der Waals surface area contributed by atoms with E-state index in [4.69, 9.17) is 0 Å². The number of carbonyl (C=O) groups excluding carboxylic acids is 1. The number of rotatable bonds is 7. The Morgan fingerprint density at radius 1 is 1.12 bits per heavy atom. The van der Waals surface area contributed by atoms with Gasteiger partial charge in [0.25, 0.3) is 5.91 Å². The number of carbonyl (C=O) groups is 1. The molecule has 0 aliphatic rings. The molecule has 2 rings (SSSR count). The maximum atomic E-state index is 12.8. The number of unbranched alkanes of at least 4 members (excludes halogenated alkanes) is 1. The Balaban J connectivity index is 2.16. The van der Waals surface area contributed by atoms with Crippen molar-refractivity contribution in [2.75, 3.05) is 29.9 Å². The molecule has 0 aliphatic heterocycles. The van der Waals surface area contributed by atoms with Crippen molar-refractivity contribution in [3.05, 3.63) is 47.7 Å². The quantitative estimate of drug-likeness (QED) is 0.778. The Labute approximate surface area is 144 Å². The zero-order chi connectivity index (χ0) is 17.5. The molecule has 0 unspecified atom stereocenters. The number of hydrogen-bond donors (Lipinski definition) is 0. The van der Waals surface area contributed by atoms with Gasteiger partial charge in [-0.2, -0.15) is 0 Å². The fourth-order valence-electron chi connectivity index (χ4n) is 2.53. The largest absolute Gasteiger partial charge is 0.358 e. The van der Waals surface area contributed by atoms with Gasteiger partial charge in [0.1, 0.15) is 0 Å². The van der Waals surface area contributed by atoms with Gasteiger partial charge in [-0.1, -0.05) is 25.5 Å². The summed E-state index contributed by atoms with van der Waals surface area (Å²) >= 11 is 0. The summed E-state index contributed by atoms with van der Waals surface area (Å²) in [6.07, 6.45) is 2.24. The highest BCUT2D eigenvalue weighted by Gasteiger charge is 2.18. The van der Waals surface area contributed by atoms with Gasteiger partial charge in [0.15, 0.2) is 11.5 Å². The molecule has 0 aliphatic carbocycles. The molecule has 1 aromatic heterocycles. The van der Waals surface area contributed by atoms with Crippen LogP contribution in [0.25, 0.3) is 0 Å². The molecule has 128 valence electrons. The molecule has 0 radical (unpaired) electrons. The minimum Gasteiger partial charge on any atom is -0.358 e. The van der Waals surface area contributed by atoms with Gasteiger partial charge in [-0.3, -0.25) is 4.79 Å². The van der Waals surface area contributed by atoms with Crippen LogP contribution in [0.4, 0.5) is 11.5 Å². The number of anilines is 2. The van der Waals surface area contributed by atoms with Gasteiger partial charge in [0.05, 0.1) is 0 Å². The Morgan fingerprint density at radius 3 is 2.50 bits per heavy atom. The highest BCUT2D eigenvalue weighted by molar-refractivity contribution is 6.04. The second kappa shape index (κ2) is 8.43. The molecule has 0 atom stereocenters. The number of benzene rings is 1. The predicted molar refractivity (Wildman–Crippen MR) is 98.7 cm³/mol. The molecule has 1 aromatic carbocycles. The minimum atomic E-state index is -0.127. The van der Waals surface area contributed by atoms with Crippen LogP contribution >= 0.6 is 0 Å². The summed E-state index contributed by atoms with van der Waals surface area (Å²) in [7, 11) is 1.99. The lowest BCUT2D eigenvalue weighted by molar-refractivity contribution is 0.0982. The van der Waals surface area contributed by atoms with Gasteiger partial charge < -0.3 is 9.80 Å². The van der Waals surface area contributed by atoms with Crippen molar-refractivity contribution in [3.63, 3.8) is 0 Å². The van der Waals surface area contributed by atoms with Crippen molar-refractivity contribution in [2.45, 2.75) is 33.6 Å². The summed E-state index contributed by atoms with van der Waals surface area (Å²) in [4.78, 5) is 16.5. The first-order chi connectivity index (χ1) is 11.6. The lowest BCUT2D eigenvalue weighted by Gasteiger charge is -2.21. The summed E-state index contributed by atoms with van der Waals surface area (Å²) in [5, 5.41) is 8.35. The molecule has 1 amide bonds. The third kappa shape index (κ3) is 4.31. The van der Waals surface area contributed by atoms with Crippen LogP contribution in [0.5, 0.6) is 0 Å². The summed E-state index contributed by atoms with van der Waals surface area (Å²) in [5.74, 6) is 0.664. The molecular formula is C19H26N4O.